The highest BCUT2D eigenvalue weighted by molar-refractivity contribution is 6.14. The zero-order valence-electron chi connectivity index (χ0n) is 13.3. The molecule has 0 fully saturated rings. The average Bonchev–Trinajstić information content (AvgIpc) is 2.99. The van der Waals surface area contributed by atoms with Gasteiger partial charge in [0.15, 0.2) is 5.58 Å². The molecule has 0 atom stereocenters. The number of hydrogen-bond donors (Lipinski definition) is 0. The minimum atomic E-state index is -0.475. The van der Waals surface area contributed by atoms with Gasteiger partial charge in [0.1, 0.15) is 39.2 Å². The molecule has 24 heavy (non-hydrogen) atoms. The van der Waals surface area contributed by atoms with Gasteiger partial charge in [0.05, 0.1) is 21.3 Å². The van der Waals surface area contributed by atoms with E-state index in [1.807, 2.05) is 0 Å². The van der Waals surface area contributed by atoms with Gasteiger partial charge in [-0.05, 0) is 12.1 Å². The maximum Gasteiger partial charge on any atom is 0.348 e. The van der Waals surface area contributed by atoms with Gasteiger partial charge < -0.3 is 23.0 Å². The van der Waals surface area contributed by atoms with Crippen LogP contribution in [0, 0.1) is 0 Å². The van der Waals surface area contributed by atoms with E-state index in [4.69, 9.17) is 23.0 Å². The molecule has 0 bridgehead atoms. The van der Waals surface area contributed by atoms with Gasteiger partial charge in [-0.25, -0.2) is 4.79 Å². The Hall–Kier alpha value is -3.15. The average molecular weight is 326 g/mol. The van der Waals surface area contributed by atoms with E-state index in [2.05, 4.69) is 0 Å². The number of ether oxygens (including phenoxy) is 3. The molecule has 0 amide bonds. The molecular weight excluding hydrogens is 312 g/mol. The number of furan rings is 1. The van der Waals surface area contributed by atoms with E-state index >= 15 is 0 Å². The molecule has 6 nitrogen and oxygen atoms in total. The smallest absolute Gasteiger partial charge is 0.348 e. The van der Waals surface area contributed by atoms with Crippen LogP contribution in [-0.2, 0) is 0 Å². The van der Waals surface area contributed by atoms with Gasteiger partial charge in [0.25, 0.3) is 0 Å². The van der Waals surface area contributed by atoms with Crippen LogP contribution in [0.4, 0.5) is 0 Å². The van der Waals surface area contributed by atoms with E-state index < -0.39 is 5.63 Å². The molecule has 0 aliphatic heterocycles. The van der Waals surface area contributed by atoms with Crippen LogP contribution in [0.2, 0.25) is 0 Å². The van der Waals surface area contributed by atoms with E-state index in [-0.39, 0.29) is 0 Å². The van der Waals surface area contributed by atoms with Crippen molar-refractivity contribution in [3.8, 4) is 17.2 Å². The van der Waals surface area contributed by atoms with Crippen LogP contribution < -0.4 is 19.8 Å². The second kappa shape index (κ2) is 5.19. The topological polar surface area (TPSA) is 71.0 Å². The van der Waals surface area contributed by atoms with Crippen molar-refractivity contribution in [3.05, 3.63) is 40.8 Å². The standard InChI is InChI=1S/C18H14O6/c1-20-9-4-5-11-12(6-9)23-17-15(11)18(19)24-14-8-10(21-2)7-13(22-3)16(14)17/h4-8H,1-3H3. The molecule has 0 N–H and O–H groups in total. The first-order valence-electron chi connectivity index (χ1n) is 7.25. The van der Waals surface area contributed by atoms with Gasteiger partial charge in [-0.15, -0.1) is 0 Å². The predicted octanol–water partition coefficient (Wildman–Crippen LogP) is 3.72. The van der Waals surface area contributed by atoms with Gasteiger partial charge >= 0.3 is 5.63 Å². The van der Waals surface area contributed by atoms with E-state index in [1.165, 1.54) is 14.2 Å². The molecule has 0 radical (unpaired) electrons. The summed E-state index contributed by atoms with van der Waals surface area (Å²) >= 11 is 0. The lowest BCUT2D eigenvalue weighted by molar-refractivity contribution is 0.396. The van der Waals surface area contributed by atoms with Crippen molar-refractivity contribution in [1.82, 2.24) is 0 Å². The molecule has 2 heterocycles. The third-order valence-electron chi connectivity index (χ3n) is 4.03. The Balaban J connectivity index is 2.22. The molecule has 0 saturated carbocycles. The van der Waals surface area contributed by atoms with Crippen LogP contribution in [0.25, 0.3) is 32.9 Å². The summed E-state index contributed by atoms with van der Waals surface area (Å²) in [5.74, 6) is 1.67. The predicted molar refractivity (Wildman–Crippen MR) is 89.4 cm³/mol. The van der Waals surface area contributed by atoms with Crippen molar-refractivity contribution < 1.29 is 23.0 Å². The SMILES string of the molecule is COc1ccc2c(c1)oc1c3c(OC)cc(OC)cc3oc(=O)c21. The third kappa shape index (κ3) is 1.93. The summed E-state index contributed by atoms with van der Waals surface area (Å²) in [4.78, 5) is 12.5. The number of methoxy groups -OCH3 is 3. The van der Waals surface area contributed by atoms with Crippen molar-refractivity contribution in [3.63, 3.8) is 0 Å². The van der Waals surface area contributed by atoms with Gasteiger partial charge in [0.2, 0.25) is 0 Å². The Bertz CT molecular complexity index is 1140. The van der Waals surface area contributed by atoms with Crippen LogP contribution in [0.15, 0.2) is 44.0 Å². The fourth-order valence-electron chi connectivity index (χ4n) is 2.88. The van der Waals surface area contributed by atoms with Crippen LogP contribution in [0.1, 0.15) is 0 Å². The van der Waals surface area contributed by atoms with Crippen molar-refractivity contribution in [2.75, 3.05) is 21.3 Å². The summed E-state index contributed by atoms with van der Waals surface area (Å²) in [6, 6.07) is 8.63. The first kappa shape index (κ1) is 14.4. The highest BCUT2D eigenvalue weighted by Crippen LogP contribution is 2.39. The fraction of sp³-hybridized carbons (Fsp3) is 0.167. The number of hydrogen-bond acceptors (Lipinski definition) is 6. The summed E-state index contributed by atoms with van der Waals surface area (Å²) in [6.07, 6.45) is 0. The molecule has 4 rings (SSSR count). The minimum absolute atomic E-state index is 0.342. The van der Waals surface area contributed by atoms with Gasteiger partial charge in [-0.3, -0.25) is 0 Å². The lowest BCUT2D eigenvalue weighted by atomic mass is 10.1. The summed E-state index contributed by atoms with van der Waals surface area (Å²) in [5.41, 5.74) is 0.831. The van der Waals surface area contributed by atoms with Crippen LogP contribution in [0.5, 0.6) is 17.2 Å². The molecule has 4 aromatic rings. The lowest BCUT2D eigenvalue weighted by Gasteiger charge is -2.07. The van der Waals surface area contributed by atoms with Gasteiger partial charge in [-0.1, -0.05) is 0 Å². The maximum absolute atomic E-state index is 12.5. The summed E-state index contributed by atoms with van der Waals surface area (Å²) in [6.45, 7) is 0. The quantitative estimate of drug-likeness (QED) is 0.534. The zero-order valence-corrected chi connectivity index (χ0v) is 13.3. The van der Waals surface area contributed by atoms with Crippen molar-refractivity contribution >= 4 is 32.9 Å². The highest BCUT2D eigenvalue weighted by atomic mass is 16.5. The first-order valence-corrected chi connectivity index (χ1v) is 7.25. The molecule has 0 unspecified atom stereocenters. The summed E-state index contributed by atoms with van der Waals surface area (Å²) in [7, 11) is 4.64. The number of rotatable bonds is 3. The number of benzene rings is 2. The molecule has 122 valence electrons. The van der Waals surface area contributed by atoms with E-state index in [9.17, 15) is 4.79 Å². The molecule has 0 aliphatic rings. The lowest BCUT2D eigenvalue weighted by Crippen LogP contribution is -1.99. The maximum atomic E-state index is 12.5. The Morgan fingerprint density at radius 1 is 0.792 bits per heavy atom. The second-order valence-electron chi connectivity index (χ2n) is 5.26. The number of fused-ring (bicyclic) bond motifs is 5. The first-order chi connectivity index (χ1) is 11.7. The largest absolute Gasteiger partial charge is 0.497 e. The Kier molecular flexibility index (Phi) is 3.13. The van der Waals surface area contributed by atoms with E-state index in [1.54, 1.807) is 37.4 Å². The van der Waals surface area contributed by atoms with Crippen LogP contribution in [0.3, 0.4) is 0 Å². The van der Waals surface area contributed by atoms with Crippen molar-refractivity contribution in [2.24, 2.45) is 0 Å². The monoisotopic (exact) mass is 326 g/mol. The minimum Gasteiger partial charge on any atom is -0.497 e. The molecule has 0 aliphatic carbocycles. The third-order valence-corrected chi connectivity index (χ3v) is 4.03. The van der Waals surface area contributed by atoms with Crippen LogP contribution in [-0.4, -0.2) is 21.3 Å². The summed E-state index contributed by atoms with van der Waals surface area (Å²) < 4.78 is 27.3. The Morgan fingerprint density at radius 2 is 1.54 bits per heavy atom. The van der Waals surface area contributed by atoms with Gasteiger partial charge in [-0.2, -0.15) is 0 Å². The zero-order chi connectivity index (χ0) is 16.8. The Labute approximate surface area is 136 Å². The molecule has 2 aromatic carbocycles. The normalized spacial score (nSPS) is 11.3. The van der Waals surface area contributed by atoms with Crippen molar-refractivity contribution in [1.29, 1.82) is 0 Å². The van der Waals surface area contributed by atoms with E-state index in [0.717, 1.165) is 0 Å². The fourth-order valence-corrected chi connectivity index (χ4v) is 2.88. The second-order valence-corrected chi connectivity index (χ2v) is 5.26. The van der Waals surface area contributed by atoms with E-state index in [0.29, 0.717) is 50.2 Å². The molecule has 2 aromatic heterocycles. The van der Waals surface area contributed by atoms with Crippen molar-refractivity contribution in [2.45, 2.75) is 0 Å². The molecular formula is C18H14O6. The van der Waals surface area contributed by atoms with Crippen LogP contribution >= 0.6 is 0 Å². The summed E-state index contributed by atoms with van der Waals surface area (Å²) in [5, 5.41) is 1.63. The molecule has 6 heteroatoms. The molecule has 0 spiro atoms. The molecule has 0 saturated heterocycles. The Morgan fingerprint density at radius 3 is 2.25 bits per heavy atom. The van der Waals surface area contributed by atoms with Gasteiger partial charge in [0, 0.05) is 23.6 Å². The highest BCUT2D eigenvalue weighted by Gasteiger charge is 2.20.